The monoisotopic (exact) mass is 473 g/mol. The van der Waals surface area contributed by atoms with E-state index >= 15 is 0 Å². The van der Waals surface area contributed by atoms with E-state index in [2.05, 4.69) is 6.07 Å². The lowest BCUT2D eigenvalue weighted by molar-refractivity contribution is -0.147. The molecule has 9 nitrogen and oxygen atoms in total. The number of likely N-dealkylation sites (N-methyl/N-ethyl adjacent to an activating group) is 1. The minimum atomic E-state index is -0.488. The van der Waals surface area contributed by atoms with Gasteiger partial charge in [0.05, 0.1) is 35.4 Å². The maximum Gasteiger partial charge on any atom is 0.257 e. The van der Waals surface area contributed by atoms with E-state index < -0.39 is 12.0 Å². The van der Waals surface area contributed by atoms with Crippen LogP contribution in [-0.2, 0) is 19.0 Å². The molecule has 0 aromatic heterocycles. The SMILES string of the molecule is CO[C@H]1CN(C)C(=O)c2cccc(C#N)c2OC[C@H]2O[C@H](CC[C@@H]2OC)CCN(C)C(=O)[C@H]1C. The standard InChI is InChI=1S/C25H35N3O6/c1-16-21(32-5)14-28(3)25(30)19-8-6-7-17(13-26)23(19)33-15-22-20(31-4)10-9-18(34-22)11-12-27(2)24(16)29/h6-8,16,18,20-22H,9-12,14-15H2,1-5H3/t16-,18+,20-,21-,22+/m0/s1. The number of amides is 2. The molecule has 0 radical (unpaired) electrons. The van der Waals surface area contributed by atoms with Crippen LogP contribution in [0.25, 0.3) is 0 Å². The van der Waals surface area contributed by atoms with Gasteiger partial charge in [0.2, 0.25) is 5.91 Å². The molecule has 1 fully saturated rings. The highest BCUT2D eigenvalue weighted by Crippen LogP contribution is 2.29. The summed E-state index contributed by atoms with van der Waals surface area (Å²) in [5.74, 6) is -0.582. The predicted molar refractivity (Wildman–Crippen MR) is 125 cm³/mol. The first-order chi connectivity index (χ1) is 16.3. The Hall–Kier alpha value is -2.67. The molecule has 5 atom stereocenters. The number of nitriles is 1. The first kappa shape index (κ1) is 25.9. The highest BCUT2D eigenvalue weighted by molar-refractivity contribution is 5.97. The minimum absolute atomic E-state index is 0.0441. The van der Waals surface area contributed by atoms with Gasteiger partial charge < -0.3 is 28.7 Å². The molecule has 2 bridgehead atoms. The van der Waals surface area contributed by atoms with Crippen molar-refractivity contribution in [1.29, 1.82) is 5.26 Å². The normalized spacial score (nSPS) is 29.2. The Bertz CT molecular complexity index is 916. The maximum atomic E-state index is 13.4. The van der Waals surface area contributed by atoms with Crippen LogP contribution >= 0.6 is 0 Å². The number of fused-ring (bicyclic) bond motifs is 3. The predicted octanol–water partition coefficient (Wildman–Crippen LogP) is 2.08. The molecule has 0 saturated carbocycles. The molecular formula is C25H35N3O6. The Morgan fingerprint density at radius 2 is 1.79 bits per heavy atom. The van der Waals surface area contributed by atoms with Crippen molar-refractivity contribution in [3.8, 4) is 11.8 Å². The number of hydrogen-bond donors (Lipinski definition) is 0. The van der Waals surface area contributed by atoms with Gasteiger partial charge >= 0.3 is 0 Å². The highest BCUT2D eigenvalue weighted by atomic mass is 16.6. The van der Waals surface area contributed by atoms with E-state index in [9.17, 15) is 14.9 Å². The van der Waals surface area contributed by atoms with Crippen LogP contribution in [0.5, 0.6) is 5.75 Å². The second-order valence-electron chi connectivity index (χ2n) is 9.05. The lowest BCUT2D eigenvalue weighted by Gasteiger charge is -2.37. The third-order valence-electron chi connectivity index (χ3n) is 6.83. The van der Waals surface area contributed by atoms with Crippen molar-refractivity contribution in [1.82, 2.24) is 9.80 Å². The summed E-state index contributed by atoms with van der Waals surface area (Å²) in [7, 11) is 6.61. The van der Waals surface area contributed by atoms with Gasteiger partial charge in [-0.05, 0) is 31.4 Å². The fraction of sp³-hybridized carbons (Fsp3) is 0.640. The van der Waals surface area contributed by atoms with Gasteiger partial charge in [-0.15, -0.1) is 0 Å². The molecule has 34 heavy (non-hydrogen) atoms. The summed E-state index contributed by atoms with van der Waals surface area (Å²) in [6, 6.07) is 7.04. The first-order valence-corrected chi connectivity index (χ1v) is 11.7. The van der Waals surface area contributed by atoms with Crippen LogP contribution in [-0.4, -0.2) is 94.0 Å². The lowest BCUT2D eigenvalue weighted by atomic mass is 9.98. The van der Waals surface area contributed by atoms with Crippen molar-refractivity contribution >= 4 is 11.8 Å². The Morgan fingerprint density at radius 1 is 1.06 bits per heavy atom. The van der Waals surface area contributed by atoms with Crippen LogP contribution in [0.15, 0.2) is 18.2 Å². The van der Waals surface area contributed by atoms with Crippen LogP contribution in [0.4, 0.5) is 0 Å². The average Bonchev–Trinajstić information content (AvgIpc) is 2.86. The van der Waals surface area contributed by atoms with Crippen LogP contribution in [0.1, 0.15) is 42.1 Å². The van der Waals surface area contributed by atoms with Crippen LogP contribution in [0, 0.1) is 17.2 Å². The summed E-state index contributed by atoms with van der Waals surface area (Å²) in [4.78, 5) is 29.7. The van der Waals surface area contributed by atoms with E-state index in [1.54, 1.807) is 44.3 Å². The fourth-order valence-electron chi connectivity index (χ4n) is 4.63. The molecule has 0 N–H and O–H groups in total. The van der Waals surface area contributed by atoms with E-state index in [1.807, 2.05) is 6.92 Å². The number of para-hydroxylation sites is 1. The van der Waals surface area contributed by atoms with Gasteiger partial charge in [0.25, 0.3) is 5.91 Å². The van der Waals surface area contributed by atoms with Crippen molar-refractivity contribution in [2.45, 2.75) is 50.6 Å². The summed E-state index contributed by atoms with van der Waals surface area (Å²) in [6.45, 7) is 2.72. The average molecular weight is 474 g/mol. The fourth-order valence-corrected chi connectivity index (χ4v) is 4.63. The third kappa shape index (κ3) is 5.69. The van der Waals surface area contributed by atoms with E-state index in [1.165, 1.54) is 12.0 Å². The molecule has 2 aliphatic rings. The molecule has 2 heterocycles. The molecule has 0 aliphatic carbocycles. The molecule has 9 heteroatoms. The number of ether oxygens (including phenoxy) is 4. The van der Waals surface area contributed by atoms with Gasteiger partial charge in [0.15, 0.2) is 0 Å². The first-order valence-electron chi connectivity index (χ1n) is 11.7. The van der Waals surface area contributed by atoms with Gasteiger partial charge in [-0.25, -0.2) is 0 Å². The smallest absolute Gasteiger partial charge is 0.257 e. The number of rotatable bonds is 2. The number of nitrogens with zero attached hydrogens (tertiary/aromatic N) is 3. The Labute approximate surface area is 201 Å². The molecule has 0 spiro atoms. The molecular weight excluding hydrogens is 438 g/mol. The van der Waals surface area contributed by atoms with Crippen LogP contribution < -0.4 is 4.74 Å². The highest BCUT2D eigenvalue weighted by Gasteiger charge is 2.34. The topological polar surface area (TPSA) is 101 Å². The Morgan fingerprint density at radius 3 is 2.47 bits per heavy atom. The van der Waals surface area contributed by atoms with E-state index in [4.69, 9.17) is 18.9 Å². The minimum Gasteiger partial charge on any atom is -0.489 e. The van der Waals surface area contributed by atoms with Crippen molar-refractivity contribution in [2.24, 2.45) is 5.92 Å². The molecule has 0 unspecified atom stereocenters. The van der Waals surface area contributed by atoms with E-state index in [0.717, 1.165) is 12.8 Å². The molecule has 1 saturated heterocycles. The molecule has 1 aromatic rings. The summed E-state index contributed by atoms with van der Waals surface area (Å²) < 4.78 is 23.6. The van der Waals surface area contributed by atoms with Crippen LogP contribution in [0.2, 0.25) is 0 Å². The van der Waals surface area contributed by atoms with Crippen molar-refractivity contribution in [3.63, 3.8) is 0 Å². The van der Waals surface area contributed by atoms with E-state index in [-0.39, 0.29) is 60.2 Å². The molecule has 1 aromatic carbocycles. The quantitative estimate of drug-likeness (QED) is 0.648. The number of carbonyl (C=O) groups is 2. The summed E-state index contributed by atoms with van der Waals surface area (Å²) >= 11 is 0. The maximum absolute atomic E-state index is 13.4. The molecule has 2 aliphatic heterocycles. The largest absolute Gasteiger partial charge is 0.489 e. The molecule has 186 valence electrons. The number of benzene rings is 1. The summed E-state index contributed by atoms with van der Waals surface area (Å²) in [5, 5.41) is 9.66. The molecule has 2 amide bonds. The van der Waals surface area contributed by atoms with Gasteiger partial charge in [0.1, 0.15) is 24.5 Å². The van der Waals surface area contributed by atoms with Gasteiger partial charge in [-0.3, -0.25) is 9.59 Å². The number of carbonyl (C=O) groups excluding carboxylic acids is 2. The summed E-state index contributed by atoms with van der Waals surface area (Å²) in [5.41, 5.74) is 0.552. The van der Waals surface area contributed by atoms with Gasteiger partial charge in [-0.2, -0.15) is 5.26 Å². The van der Waals surface area contributed by atoms with E-state index in [0.29, 0.717) is 13.0 Å². The number of methoxy groups -OCH3 is 2. The lowest BCUT2D eigenvalue weighted by Crippen LogP contribution is -2.47. The second-order valence-corrected chi connectivity index (χ2v) is 9.05. The second kappa shape index (κ2) is 11.6. The van der Waals surface area contributed by atoms with Crippen molar-refractivity contribution < 1.29 is 28.5 Å². The third-order valence-corrected chi connectivity index (χ3v) is 6.83. The number of hydrogen-bond acceptors (Lipinski definition) is 7. The van der Waals surface area contributed by atoms with Crippen LogP contribution in [0.3, 0.4) is 0 Å². The summed E-state index contributed by atoms with van der Waals surface area (Å²) in [6.07, 6.45) is 1.25. The van der Waals surface area contributed by atoms with Gasteiger partial charge in [0, 0.05) is 41.4 Å². The zero-order valence-corrected chi connectivity index (χ0v) is 20.7. The molecule has 3 rings (SSSR count). The van der Waals surface area contributed by atoms with Crippen molar-refractivity contribution in [2.75, 3.05) is 48.0 Å². The Balaban J connectivity index is 1.98. The zero-order valence-electron chi connectivity index (χ0n) is 20.7. The van der Waals surface area contributed by atoms with Crippen molar-refractivity contribution in [3.05, 3.63) is 29.3 Å². The van der Waals surface area contributed by atoms with Gasteiger partial charge in [-0.1, -0.05) is 13.0 Å². The zero-order chi connectivity index (χ0) is 24.8. The Kier molecular flexibility index (Phi) is 8.89.